The van der Waals surface area contributed by atoms with Crippen LogP contribution in [0.3, 0.4) is 0 Å². The molecule has 0 saturated carbocycles. The third-order valence-electron chi connectivity index (χ3n) is 3.60. The second-order valence-corrected chi connectivity index (χ2v) is 6.28. The van der Waals surface area contributed by atoms with E-state index in [4.69, 9.17) is 14.3 Å². The average molecular weight is 396 g/mol. The predicted molar refractivity (Wildman–Crippen MR) is 91.4 cm³/mol. The molecule has 0 fully saturated rings. The lowest BCUT2D eigenvalue weighted by atomic mass is 10.1. The summed E-state index contributed by atoms with van der Waals surface area (Å²) >= 11 is 3.38. The molecular weight excluding hydrogens is 378 g/mol. The maximum atomic E-state index is 12.6. The molecule has 0 aliphatic heterocycles. The summed E-state index contributed by atoms with van der Waals surface area (Å²) in [6.07, 6.45) is 1.05. The van der Waals surface area contributed by atoms with Crippen LogP contribution in [0.2, 0.25) is 0 Å². The Morgan fingerprint density at radius 3 is 2.75 bits per heavy atom. The van der Waals surface area contributed by atoms with Crippen molar-refractivity contribution < 1.29 is 23.8 Å². The largest absolute Gasteiger partial charge is 0.496 e. The highest BCUT2D eigenvalue weighted by Crippen LogP contribution is 2.29. The van der Waals surface area contributed by atoms with E-state index in [0.717, 1.165) is 10.0 Å². The van der Waals surface area contributed by atoms with Crippen molar-refractivity contribution in [2.75, 3.05) is 7.11 Å². The number of carbonyl (C=O) groups excluding carboxylic acids is 1. The fourth-order valence-corrected chi connectivity index (χ4v) is 2.80. The van der Waals surface area contributed by atoms with Gasteiger partial charge in [0.15, 0.2) is 0 Å². The molecule has 0 spiro atoms. The Balaban J connectivity index is 2.24. The van der Waals surface area contributed by atoms with Gasteiger partial charge >= 0.3 is 5.97 Å². The SMILES string of the molecule is COc1cc(Br)ccc1C(C)NC(=O)c1c(C)coc1CC(=O)O. The molecule has 1 heterocycles. The number of benzene rings is 1. The number of hydrogen-bond donors (Lipinski definition) is 2. The van der Waals surface area contributed by atoms with Gasteiger partial charge in [-0.2, -0.15) is 0 Å². The minimum atomic E-state index is -1.05. The maximum absolute atomic E-state index is 12.6. The quantitative estimate of drug-likeness (QED) is 0.781. The lowest BCUT2D eigenvalue weighted by Gasteiger charge is -2.18. The number of amides is 1. The van der Waals surface area contributed by atoms with Crippen molar-refractivity contribution in [3.8, 4) is 5.75 Å². The van der Waals surface area contributed by atoms with Crippen LogP contribution in [-0.2, 0) is 11.2 Å². The van der Waals surface area contributed by atoms with Crippen LogP contribution in [0.1, 0.15) is 40.2 Å². The topological polar surface area (TPSA) is 88.8 Å². The molecule has 0 saturated heterocycles. The molecule has 0 bridgehead atoms. The molecule has 1 atom stereocenters. The number of carboxylic acids is 1. The van der Waals surface area contributed by atoms with Gasteiger partial charge in [0.25, 0.3) is 5.91 Å². The van der Waals surface area contributed by atoms with Gasteiger partial charge in [-0.3, -0.25) is 9.59 Å². The summed E-state index contributed by atoms with van der Waals surface area (Å²) in [4.78, 5) is 23.5. The minimum absolute atomic E-state index is 0.146. The van der Waals surface area contributed by atoms with Gasteiger partial charge in [-0.25, -0.2) is 0 Å². The maximum Gasteiger partial charge on any atom is 0.311 e. The number of aliphatic carboxylic acids is 1. The number of halogens is 1. The van der Waals surface area contributed by atoms with Crippen LogP contribution in [0.25, 0.3) is 0 Å². The number of ether oxygens (including phenoxy) is 1. The number of nitrogens with one attached hydrogen (secondary N) is 1. The minimum Gasteiger partial charge on any atom is -0.496 e. The number of carbonyl (C=O) groups is 2. The first-order chi connectivity index (χ1) is 11.3. The van der Waals surface area contributed by atoms with Gasteiger partial charge in [-0.05, 0) is 26.0 Å². The first kappa shape index (κ1) is 18.1. The highest BCUT2D eigenvalue weighted by molar-refractivity contribution is 9.10. The number of furan rings is 1. The zero-order valence-electron chi connectivity index (χ0n) is 13.6. The molecule has 6 nitrogen and oxygen atoms in total. The molecule has 0 aliphatic carbocycles. The van der Waals surface area contributed by atoms with Crippen LogP contribution >= 0.6 is 15.9 Å². The summed E-state index contributed by atoms with van der Waals surface area (Å²) in [6.45, 7) is 3.53. The molecule has 2 aromatic rings. The van der Waals surface area contributed by atoms with E-state index < -0.39 is 5.97 Å². The highest BCUT2D eigenvalue weighted by atomic mass is 79.9. The third-order valence-corrected chi connectivity index (χ3v) is 4.09. The molecule has 0 aliphatic rings. The fourth-order valence-electron chi connectivity index (χ4n) is 2.46. The predicted octanol–water partition coefficient (Wildman–Crippen LogP) is 3.48. The smallest absolute Gasteiger partial charge is 0.311 e. The Kier molecular flexibility index (Phi) is 5.66. The number of carboxylic acid groups (broad SMARTS) is 1. The Morgan fingerprint density at radius 2 is 2.12 bits per heavy atom. The van der Waals surface area contributed by atoms with Crippen LogP contribution in [0.5, 0.6) is 5.75 Å². The molecule has 1 aromatic heterocycles. The highest BCUT2D eigenvalue weighted by Gasteiger charge is 2.23. The molecule has 1 unspecified atom stereocenters. The average Bonchev–Trinajstić information content (AvgIpc) is 2.86. The first-order valence-corrected chi connectivity index (χ1v) is 8.05. The fraction of sp³-hybridized carbons (Fsp3) is 0.294. The number of methoxy groups -OCH3 is 1. The van der Waals surface area contributed by atoms with Gasteiger partial charge in [0.1, 0.15) is 17.9 Å². The Morgan fingerprint density at radius 1 is 1.42 bits per heavy atom. The summed E-state index contributed by atoms with van der Waals surface area (Å²) in [5, 5.41) is 11.8. The van der Waals surface area contributed by atoms with Gasteiger partial charge < -0.3 is 19.6 Å². The van der Waals surface area contributed by atoms with E-state index in [9.17, 15) is 9.59 Å². The molecule has 7 heteroatoms. The van der Waals surface area contributed by atoms with Crippen molar-refractivity contribution in [3.05, 3.63) is 51.4 Å². The first-order valence-electron chi connectivity index (χ1n) is 7.26. The van der Waals surface area contributed by atoms with Crippen molar-refractivity contribution in [3.63, 3.8) is 0 Å². The van der Waals surface area contributed by atoms with Crippen LogP contribution < -0.4 is 10.1 Å². The van der Waals surface area contributed by atoms with Crippen molar-refractivity contribution >= 4 is 27.8 Å². The Bertz CT molecular complexity index is 768. The van der Waals surface area contributed by atoms with Gasteiger partial charge in [0.05, 0.1) is 25.0 Å². The number of aryl methyl sites for hydroxylation is 1. The summed E-state index contributed by atoms with van der Waals surface area (Å²) < 4.78 is 11.4. The van der Waals surface area contributed by atoms with Crippen LogP contribution in [0.4, 0.5) is 0 Å². The van der Waals surface area contributed by atoms with Crippen molar-refractivity contribution in [2.24, 2.45) is 0 Å². The summed E-state index contributed by atoms with van der Waals surface area (Å²) in [6, 6.07) is 5.21. The van der Waals surface area contributed by atoms with Crippen LogP contribution in [0.15, 0.2) is 33.4 Å². The van der Waals surface area contributed by atoms with E-state index in [1.807, 2.05) is 25.1 Å². The van der Waals surface area contributed by atoms with Crippen molar-refractivity contribution in [1.29, 1.82) is 0 Å². The van der Waals surface area contributed by atoms with Crippen molar-refractivity contribution in [1.82, 2.24) is 5.32 Å². The molecule has 2 N–H and O–H groups in total. The standard InChI is InChI=1S/C17H18BrNO5/c1-9-8-24-14(7-15(20)21)16(9)17(22)19-10(2)12-5-4-11(18)6-13(12)23-3/h4-6,8,10H,7H2,1-3H3,(H,19,22)(H,20,21). The van der Waals surface area contributed by atoms with E-state index in [0.29, 0.717) is 11.3 Å². The van der Waals surface area contributed by atoms with E-state index in [1.54, 1.807) is 14.0 Å². The number of hydrogen-bond acceptors (Lipinski definition) is 4. The summed E-state index contributed by atoms with van der Waals surface area (Å²) in [7, 11) is 1.56. The van der Waals surface area contributed by atoms with Gasteiger partial charge in [0, 0.05) is 15.6 Å². The third kappa shape index (κ3) is 3.97. The van der Waals surface area contributed by atoms with E-state index >= 15 is 0 Å². The molecular formula is C17H18BrNO5. The normalized spacial score (nSPS) is 11.8. The molecule has 2 rings (SSSR count). The monoisotopic (exact) mass is 395 g/mol. The lowest BCUT2D eigenvalue weighted by molar-refractivity contribution is -0.136. The second-order valence-electron chi connectivity index (χ2n) is 5.37. The van der Waals surface area contributed by atoms with E-state index in [2.05, 4.69) is 21.2 Å². The molecule has 1 aromatic carbocycles. The zero-order chi connectivity index (χ0) is 17.9. The van der Waals surface area contributed by atoms with Gasteiger partial charge in [-0.15, -0.1) is 0 Å². The van der Waals surface area contributed by atoms with Crippen LogP contribution in [0, 0.1) is 6.92 Å². The second kappa shape index (κ2) is 7.53. The summed E-state index contributed by atoms with van der Waals surface area (Å²) in [5.74, 6) is -0.643. The van der Waals surface area contributed by atoms with Crippen molar-refractivity contribution in [2.45, 2.75) is 26.3 Å². The molecule has 24 heavy (non-hydrogen) atoms. The van der Waals surface area contributed by atoms with Crippen LogP contribution in [-0.4, -0.2) is 24.1 Å². The zero-order valence-corrected chi connectivity index (χ0v) is 15.1. The molecule has 128 valence electrons. The molecule has 1 amide bonds. The Labute approximate surface area is 147 Å². The lowest BCUT2D eigenvalue weighted by Crippen LogP contribution is -2.28. The van der Waals surface area contributed by atoms with Gasteiger partial charge in [0.2, 0.25) is 0 Å². The van der Waals surface area contributed by atoms with E-state index in [1.165, 1.54) is 6.26 Å². The Hall–Kier alpha value is -2.28. The van der Waals surface area contributed by atoms with Gasteiger partial charge in [-0.1, -0.05) is 22.0 Å². The molecule has 0 radical (unpaired) electrons. The summed E-state index contributed by atoms with van der Waals surface area (Å²) in [5.41, 5.74) is 1.68. The number of rotatable bonds is 6. The van der Waals surface area contributed by atoms with E-state index in [-0.39, 0.29) is 29.7 Å².